The van der Waals surface area contributed by atoms with Gasteiger partial charge in [0.2, 0.25) is 5.91 Å². The maximum Gasteiger partial charge on any atom is 0.228 e. The van der Waals surface area contributed by atoms with Crippen LogP contribution in [0.1, 0.15) is 24.5 Å². The number of halogens is 1. The number of ether oxygens (including phenoxy) is 1. The number of aliphatic imine (C=N–C) groups is 1. The quantitative estimate of drug-likeness (QED) is 0.810. The van der Waals surface area contributed by atoms with Crippen LogP contribution in [0.5, 0.6) is 0 Å². The highest BCUT2D eigenvalue weighted by Gasteiger charge is 2.30. The number of hydrogen-bond acceptors (Lipinski definition) is 5. The third kappa shape index (κ3) is 3.71. The van der Waals surface area contributed by atoms with Crippen LogP contribution in [0.25, 0.3) is 0 Å². The van der Waals surface area contributed by atoms with Crippen molar-refractivity contribution >= 4 is 34.4 Å². The third-order valence-electron chi connectivity index (χ3n) is 4.66. The molecule has 1 aromatic rings. The van der Waals surface area contributed by atoms with Gasteiger partial charge in [-0.3, -0.25) is 9.79 Å². The van der Waals surface area contributed by atoms with Crippen LogP contribution in [-0.2, 0) is 9.53 Å². The van der Waals surface area contributed by atoms with E-state index in [1.807, 2.05) is 29.2 Å². The number of benzene rings is 1. The molecule has 0 unspecified atom stereocenters. The van der Waals surface area contributed by atoms with Gasteiger partial charge < -0.3 is 14.5 Å². The summed E-state index contributed by atoms with van der Waals surface area (Å²) < 4.78 is 5.85. The predicted octanol–water partition coefficient (Wildman–Crippen LogP) is 3.28. The Balaban J connectivity index is 1.39. The molecule has 0 spiro atoms. The Kier molecular flexibility index (Phi) is 5.01. The lowest BCUT2D eigenvalue weighted by molar-refractivity contribution is -0.138. The minimum Gasteiger partial charge on any atom is -0.370 e. The van der Waals surface area contributed by atoms with Gasteiger partial charge in [0.15, 0.2) is 5.17 Å². The van der Waals surface area contributed by atoms with Gasteiger partial charge in [0.25, 0.3) is 0 Å². The smallest absolute Gasteiger partial charge is 0.228 e. The molecule has 1 amide bonds. The fraction of sp³-hybridized carbons (Fsp3) is 0.444. The zero-order chi connectivity index (χ0) is 17.2. The Morgan fingerprint density at radius 3 is 3.00 bits per heavy atom. The molecule has 3 aliphatic heterocycles. The first-order valence-corrected chi connectivity index (χ1v) is 9.79. The molecule has 1 aromatic carbocycles. The number of carbonyl (C=O) groups is 1. The molecule has 4 rings (SSSR count). The Hall–Kier alpha value is -1.50. The van der Waals surface area contributed by atoms with E-state index in [1.54, 1.807) is 11.8 Å². The van der Waals surface area contributed by atoms with Crippen molar-refractivity contribution in [1.29, 1.82) is 0 Å². The predicted molar refractivity (Wildman–Crippen MR) is 101 cm³/mol. The van der Waals surface area contributed by atoms with Gasteiger partial charge in [0.1, 0.15) is 6.10 Å². The van der Waals surface area contributed by atoms with E-state index in [4.69, 9.17) is 16.3 Å². The van der Waals surface area contributed by atoms with E-state index >= 15 is 0 Å². The number of amidine groups is 1. The van der Waals surface area contributed by atoms with E-state index in [2.05, 4.69) is 15.3 Å². The minimum atomic E-state index is -0.0889. The van der Waals surface area contributed by atoms with Crippen LogP contribution in [0.15, 0.2) is 40.4 Å². The molecule has 0 saturated carbocycles. The molecule has 5 nitrogen and oxygen atoms in total. The summed E-state index contributed by atoms with van der Waals surface area (Å²) in [5.41, 5.74) is 2.13. The fourth-order valence-corrected chi connectivity index (χ4v) is 4.37. The van der Waals surface area contributed by atoms with Gasteiger partial charge in [-0.2, -0.15) is 0 Å². The van der Waals surface area contributed by atoms with Crippen LogP contribution < -0.4 is 0 Å². The number of amides is 1. The second-order valence-electron chi connectivity index (χ2n) is 6.32. The summed E-state index contributed by atoms with van der Waals surface area (Å²) in [5, 5.41) is 3.81. The van der Waals surface area contributed by atoms with Crippen molar-refractivity contribution < 1.29 is 9.53 Å². The minimum absolute atomic E-state index is 0.0889. The van der Waals surface area contributed by atoms with Gasteiger partial charge in [-0.25, -0.2) is 0 Å². The summed E-state index contributed by atoms with van der Waals surface area (Å²) in [6.45, 7) is 3.64. The molecule has 25 heavy (non-hydrogen) atoms. The van der Waals surface area contributed by atoms with Crippen molar-refractivity contribution in [3.05, 3.63) is 46.0 Å². The van der Waals surface area contributed by atoms with E-state index in [0.717, 1.165) is 35.9 Å². The van der Waals surface area contributed by atoms with Crippen LogP contribution in [0, 0.1) is 0 Å². The summed E-state index contributed by atoms with van der Waals surface area (Å²) in [4.78, 5) is 21.4. The van der Waals surface area contributed by atoms with E-state index in [1.165, 1.54) is 0 Å². The molecular weight excluding hydrogens is 358 g/mol. The Bertz CT molecular complexity index is 720. The number of nitrogens with zero attached hydrogens (tertiary/aromatic N) is 3. The van der Waals surface area contributed by atoms with Crippen molar-refractivity contribution in [3.63, 3.8) is 0 Å². The molecule has 0 aliphatic carbocycles. The first kappa shape index (κ1) is 16.9. The summed E-state index contributed by atoms with van der Waals surface area (Å²) >= 11 is 7.58. The maximum absolute atomic E-state index is 12.8. The summed E-state index contributed by atoms with van der Waals surface area (Å²) in [6.07, 6.45) is 1.39. The average Bonchev–Trinajstić information content (AvgIpc) is 3.05. The van der Waals surface area contributed by atoms with Crippen LogP contribution in [0.2, 0.25) is 5.02 Å². The van der Waals surface area contributed by atoms with Crippen LogP contribution in [0.4, 0.5) is 0 Å². The monoisotopic (exact) mass is 377 g/mol. The van der Waals surface area contributed by atoms with Gasteiger partial charge in [0.05, 0.1) is 19.6 Å². The van der Waals surface area contributed by atoms with Crippen molar-refractivity contribution in [2.75, 3.05) is 32.8 Å². The molecule has 0 N–H and O–H groups in total. The molecule has 1 atom stereocenters. The first-order chi connectivity index (χ1) is 12.2. The molecule has 7 heteroatoms. The van der Waals surface area contributed by atoms with Crippen molar-refractivity contribution in [2.24, 2.45) is 4.99 Å². The van der Waals surface area contributed by atoms with Gasteiger partial charge in [-0.15, -0.1) is 0 Å². The van der Waals surface area contributed by atoms with Crippen LogP contribution in [0.3, 0.4) is 0 Å². The second-order valence-corrected chi connectivity index (χ2v) is 7.60. The highest BCUT2D eigenvalue weighted by molar-refractivity contribution is 8.16. The van der Waals surface area contributed by atoms with E-state index < -0.39 is 0 Å². The standard InChI is InChI=1S/C18H20ClN3O2S/c19-14-4-2-13(3-5-14)16-11-21(8-9-24-16)17(23)10-15-12-25-18-20-6-1-7-22(15)18/h2-5,12,16H,1,6-11H2/t16-/m0/s1. The van der Waals surface area contributed by atoms with Gasteiger partial charge >= 0.3 is 0 Å². The summed E-state index contributed by atoms with van der Waals surface area (Å²) in [5.74, 6) is 0.154. The van der Waals surface area contributed by atoms with Crippen molar-refractivity contribution in [2.45, 2.75) is 18.9 Å². The second kappa shape index (κ2) is 7.40. The largest absolute Gasteiger partial charge is 0.370 e. The lowest BCUT2D eigenvalue weighted by Crippen LogP contribution is -2.43. The Morgan fingerprint density at radius 1 is 1.32 bits per heavy atom. The van der Waals surface area contributed by atoms with Crippen molar-refractivity contribution in [3.8, 4) is 0 Å². The lowest BCUT2D eigenvalue weighted by Gasteiger charge is -2.34. The maximum atomic E-state index is 12.8. The third-order valence-corrected chi connectivity index (χ3v) is 5.86. The molecule has 1 fully saturated rings. The molecule has 1 saturated heterocycles. The van der Waals surface area contributed by atoms with Crippen molar-refractivity contribution in [1.82, 2.24) is 9.80 Å². The fourth-order valence-electron chi connectivity index (χ4n) is 3.29. The molecule has 3 aliphatic rings. The van der Waals surface area contributed by atoms with Gasteiger partial charge in [-0.05, 0) is 29.5 Å². The lowest BCUT2D eigenvalue weighted by atomic mass is 10.1. The number of hydrogen-bond donors (Lipinski definition) is 0. The number of fused-ring (bicyclic) bond motifs is 1. The number of morpholine rings is 1. The normalized spacial score (nSPS) is 23.2. The molecule has 0 radical (unpaired) electrons. The van der Waals surface area contributed by atoms with E-state index in [9.17, 15) is 4.79 Å². The van der Waals surface area contributed by atoms with Crippen LogP contribution in [-0.4, -0.2) is 53.7 Å². The average molecular weight is 378 g/mol. The van der Waals surface area contributed by atoms with Gasteiger partial charge in [-0.1, -0.05) is 35.5 Å². The molecule has 0 bridgehead atoms. The van der Waals surface area contributed by atoms with E-state index in [-0.39, 0.29) is 12.0 Å². The van der Waals surface area contributed by atoms with Crippen LogP contribution >= 0.6 is 23.4 Å². The number of rotatable bonds is 3. The zero-order valence-corrected chi connectivity index (χ0v) is 15.4. The zero-order valence-electron chi connectivity index (χ0n) is 13.9. The van der Waals surface area contributed by atoms with Gasteiger partial charge in [0, 0.05) is 30.4 Å². The molecule has 132 valence electrons. The Labute approximate surface area is 156 Å². The first-order valence-electron chi connectivity index (χ1n) is 8.53. The highest BCUT2D eigenvalue weighted by Crippen LogP contribution is 2.31. The molecule has 0 aromatic heterocycles. The van der Waals surface area contributed by atoms with E-state index in [0.29, 0.717) is 31.1 Å². The summed E-state index contributed by atoms with van der Waals surface area (Å²) in [6, 6.07) is 7.65. The SMILES string of the molecule is O=C(CC1=CSC2=NCCCN12)N1CCO[C@H](c2ccc(Cl)cc2)C1. The number of thioether (sulfide) groups is 1. The molecular formula is C18H20ClN3O2S. The number of carbonyl (C=O) groups excluding carboxylic acids is 1. The molecule has 3 heterocycles. The highest BCUT2D eigenvalue weighted by atomic mass is 35.5. The Morgan fingerprint density at radius 2 is 2.16 bits per heavy atom. The summed E-state index contributed by atoms with van der Waals surface area (Å²) in [7, 11) is 0. The topological polar surface area (TPSA) is 45.1 Å².